The standard InChI is InChI=1S/C26H52O2/c1-4-6-8-10-11-12-13-14-15-16-18-21-25(22-19-23-26(27)28)24(3)20-17-9-7-5-2/h24-25H,4-23H2,1-3H3,(H,27,28). The Morgan fingerprint density at radius 3 is 1.50 bits per heavy atom. The van der Waals surface area contributed by atoms with Crippen LogP contribution < -0.4 is 0 Å². The fourth-order valence-electron chi connectivity index (χ4n) is 4.43. The fraction of sp³-hybridized carbons (Fsp3) is 0.962. The molecule has 2 atom stereocenters. The highest BCUT2D eigenvalue weighted by molar-refractivity contribution is 5.66. The van der Waals surface area contributed by atoms with Crippen LogP contribution in [0.15, 0.2) is 0 Å². The molecule has 0 saturated carbocycles. The number of unbranched alkanes of at least 4 members (excludes halogenated alkanes) is 13. The second-order valence-corrected chi connectivity index (χ2v) is 9.20. The van der Waals surface area contributed by atoms with Gasteiger partial charge in [0.1, 0.15) is 0 Å². The summed E-state index contributed by atoms with van der Waals surface area (Å²) in [6.45, 7) is 6.96. The average molecular weight is 397 g/mol. The Bertz CT molecular complexity index is 326. The summed E-state index contributed by atoms with van der Waals surface area (Å²) >= 11 is 0. The molecule has 1 N–H and O–H groups in total. The lowest BCUT2D eigenvalue weighted by molar-refractivity contribution is -0.137. The monoisotopic (exact) mass is 396 g/mol. The number of hydrogen-bond donors (Lipinski definition) is 1. The van der Waals surface area contributed by atoms with Gasteiger partial charge in [-0.2, -0.15) is 0 Å². The van der Waals surface area contributed by atoms with Crippen molar-refractivity contribution in [3.05, 3.63) is 0 Å². The summed E-state index contributed by atoms with van der Waals surface area (Å²) in [6, 6.07) is 0. The lowest BCUT2D eigenvalue weighted by atomic mass is 9.82. The van der Waals surface area contributed by atoms with Crippen LogP contribution in [0, 0.1) is 11.8 Å². The first-order valence-electron chi connectivity index (χ1n) is 12.8. The number of hydrogen-bond acceptors (Lipinski definition) is 1. The maximum Gasteiger partial charge on any atom is 0.303 e. The summed E-state index contributed by atoms with van der Waals surface area (Å²) in [5.41, 5.74) is 0. The van der Waals surface area contributed by atoms with Gasteiger partial charge < -0.3 is 5.11 Å². The Morgan fingerprint density at radius 2 is 1.00 bits per heavy atom. The lowest BCUT2D eigenvalue weighted by Crippen LogP contribution is -2.13. The van der Waals surface area contributed by atoms with Crippen molar-refractivity contribution in [3.8, 4) is 0 Å². The van der Waals surface area contributed by atoms with E-state index in [1.807, 2.05) is 0 Å². The second-order valence-electron chi connectivity index (χ2n) is 9.20. The molecule has 0 aromatic carbocycles. The lowest BCUT2D eigenvalue weighted by Gasteiger charge is -2.24. The van der Waals surface area contributed by atoms with Crippen LogP contribution in [0.2, 0.25) is 0 Å². The minimum absolute atomic E-state index is 0.345. The molecular weight excluding hydrogens is 344 g/mol. The summed E-state index contributed by atoms with van der Waals surface area (Å²) in [4.78, 5) is 10.9. The zero-order valence-corrected chi connectivity index (χ0v) is 19.7. The van der Waals surface area contributed by atoms with Gasteiger partial charge in [0, 0.05) is 6.42 Å². The van der Waals surface area contributed by atoms with Crippen molar-refractivity contribution in [2.45, 2.75) is 149 Å². The minimum Gasteiger partial charge on any atom is -0.481 e. The molecular formula is C26H52O2. The maximum atomic E-state index is 10.9. The van der Waals surface area contributed by atoms with E-state index in [-0.39, 0.29) is 0 Å². The van der Waals surface area contributed by atoms with E-state index in [0.717, 1.165) is 24.7 Å². The molecule has 0 radical (unpaired) electrons. The Hall–Kier alpha value is -0.530. The van der Waals surface area contributed by atoms with Gasteiger partial charge in [0.05, 0.1) is 0 Å². The van der Waals surface area contributed by atoms with Gasteiger partial charge in [0.15, 0.2) is 0 Å². The molecule has 0 fully saturated rings. The SMILES string of the molecule is CCCCCCCCCCCCCC(CCCC(=O)O)C(C)CCCCCC. The summed E-state index contributed by atoms with van der Waals surface area (Å²) in [7, 11) is 0. The fourth-order valence-corrected chi connectivity index (χ4v) is 4.43. The molecule has 0 aliphatic carbocycles. The van der Waals surface area contributed by atoms with Crippen LogP contribution in [0.4, 0.5) is 0 Å². The van der Waals surface area contributed by atoms with Gasteiger partial charge >= 0.3 is 5.97 Å². The Balaban J connectivity index is 3.85. The van der Waals surface area contributed by atoms with Gasteiger partial charge in [-0.3, -0.25) is 4.79 Å². The molecule has 2 heteroatoms. The maximum absolute atomic E-state index is 10.9. The summed E-state index contributed by atoms with van der Waals surface area (Å²) in [6.07, 6.45) is 25.7. The van der Waals surface area contributed by atoms with Crippen molar-refractivity contribution in [2.75, 3.05) is 0 Å². The Labute approximate surface area is 177 Å². The first kappa shape index (κ1) is 27.5. The van der Waals surface area contributed by atoms with Crippen LogP contribution in [0.25, 0.3) is 0 Å². The number of carboxylic acid groups (broad SMARTS) is 1. The van der Waals surface area contributed by atoms with Gasteiger partial charge in [-0.15, -0.1) is 0 Å². The van der Waals surface area contributed by atoms with Crippen molar-refractivity contribution >= 4 is 5.97 Å². The van der Waals surface area contributed by atoms with Crippen LogP contribution in [0.3, 0.4) is 0 Å². The van der Waals surface area contributed by atoms with E-state index >= 15 is 0 Å². The van der Waals surface area contributed by atoms with Gasteiger partial charge in [-0.1, -0.05) is 130 Å². The molecule has 0 amide bonds. The van der Waals surface area contributed by atoms with E-state index in [1.54, 1.807) is 0 Å². The molecule has 0 aromatic rings. The minimum atomic E-state index is -0.635. The smallest absolute Gasteiger partial charge is 0.303 e. The summed E-state index contributed by atoms with van der Waals surface area (Å²) in [5, 5.41) is 8.94. The van der Waals surface area contributed by atoms with Crippen LogP contribution in [-0.2, 0) is 4.79 Å². The Morgan fingerprint density at radius 1 is 0.607 bits per heavy atom. The number of carboxylic acids is 1. The van der Waals surface area contributed by atoms with E-state index in [0.29, 0.717) is 6.42 Å². The largest absolute Gasteiger partial charge is 0.481 e. The van der Waals surface area contributed by atoms with E-state index in [9.17, 15) is 4.79 Å². The third-order valence-corrected chi connectivity index (χ3v) is 6.46. The molecule has 2 nitrogen and oxygen atoms in total. The molecule has 2 unspecified atom stereocenters. The van der Waals surface area contributed by atoms with Crippen molar-refractivity contribution in [1.82, 2.24) is 0 Å². The normalized spacial score (nSPS) is 13.5. The zero-order valence-electron chi connectivity index (χ0n) is 19.7. The van der Waals surface area contributed by atoms with Crippen LogP contribution in [-0.4, -0.2) is 11.1 Å². The second kappa shape index (κ2) is 21.2. The highest BCUT2D eigenvalue weighted by Gasteiger charge is 2.17. The number of aliphatic carboxylic acids is 1. The molecule has 0 aromatic heterocycles. The van der Waals surface area contributed by atoms with Gasteiger partial charge in [-0.05, 0) is 24.7 Å². The molecule has 0 bridgehead atoms. The van der Waals surface area contributed by atoms with E-state index < -0.39 is 5.97 Å². The van der Waals surface area contributed by atoms with E-state index in [4.69, 9.17) is 5.11 Å². The zero-order chi connectivity index (χ0) is 20.9. The predicted octanol–water partition coefficient (Wildman–Crippen LogP) is 9.17. The molecule has 168 valence electrons. The molecule has 0 heterocycles. The van der Waals surface area contributed by atoms with Crippen molar-refractivity contribution < 1.29 is 9.90 Å². The average Bonchev–Trinajstić information content (AvgIpc) is 2.67. The number of carbonyl (C=O) groups is 1. The van der Waals surface area contributed by atoms with Gasteiger partial charge in [-0.25, -0.2) is 0 Å². The molecule has 0 aliphatic heterocycles. The highest BCUT2D eigenvalue weighted by Crippen LogP contribution is 2.29. The molecule has 0 saturated heterocycles. The highest BCUT2D eigenvalue weighted by atomic mass is 16.4. The molecule has 0 rings (SSSR count). The topological polar surface area (TPSA) is 37.3 Å². The van der Waals surface area contributed by atoms with Crippen LogP contribution in [0.1, 0.15) is 149 Å². The van der Waals surface area contributed by atoms with Crippen molar-refractivity contribution in [2.24, 2.45) is 11.8 Å². The molecule has 0 spiro atoms. The first-order chi connectivity index (χ1) is 13.6. The van der Waals surface area contributed by atoms with Gasteiger partial charge in [0.25, 0.3) is 0 Å². The summed E-state index contributed by atoms with van der Waals surface area (Å²) < 4.78 is 0. The third-order valence-electron chi connectivity index (χ3n) is 6.46. The quantitative estimate of drug-likeness (QED) is 0.185. The Kier molecular flexibility index (Phi) is 20.8. The van der Waals surface area contributed by atoms with Crippen molar-refractivity contribution in [3.63, 3.8) is 0 Å². The van der Waals surface area contributed by atoms with Crippen LogP contribution in [0.5, 0.6) is 0 Å². The van der Waals surface area contributed by atoms with E-state index in [1.165, 1.54) is 109 Å². The third kappa shape index (κ3) is 18.8. The van der Waals surface area contributed by atoms with Crippen LogP contribution >= 0.6 is 0 Å². The summed E-state index contributed by atoms with van der Waals surface area (Å²) in [5.74, 6) is 0.859. The van der Waals surface area contributed by atoms with Gasteiger partial charge in [0.2, 0.25) is 0 Å². The first-order valence-corrected chi connectivity index (χ1v) is 12.8. The predicted molar refractivity (Wildman–Crippen MR) is 124 cm³/mol. The number of rotatable bonds is 22. The van der Waals surface area contributed by atoms with Crippen molar-refractivity contribution in [1.29, 1.82) is 0 Å². The van der Waals surface area contributed by atoms with E-state index in [2.05, 4.69) is 20.8 Å². The molecule has 0 aliphatic rings. The molecule has 28 heavy (non-hydrogen) atoms.